The zero-order valence-electron chi connectivity index (χ0n) is 17.4. The van der Waals surface area contributed by atoms with Crippen LogP contribution >= 0.6 is 0 Å². The van der Waals surface area contributed by atoms with Crippen LogP contribution in [0, 0.1) is 24.0 Å². The molecular formula is C21H17N3O7S2. The third kappa shape index (κ3) is 4.17. The molecule has 1 heterocycles. The number of aromatic nitrogens is 2. The van der Waals surface area contributed by atoms with E-state index in [2.05, 4.69) is 5.10 Å². The normalized spacial score (nSPS) is 12.1. The minimum atomic E-state index is -4.35. The Morgan fingerprint density at radius 2 is 1.39 bits per heavy atom. The first-order valence-corrected chi connectivity index (χ1v) is 12.3. The third-order valence-electron chi connectivity index (χ3n) is 4.86. The van der Waals surface area contributed by atoms with E-state index in [9.17, 15) is 26.9 Å². The van der Waals surface area contributed by atoms with Gasteiger partial charge in [0.2, 0.25) is 0 Å². The van der Waals surface area contributed by atoms with E-state index in [1.54, 1.807) is 38.1 Å². The molecule has 12 heteroatoms. The molecule has 10 nitrogen and oxygen atoms in total. The molecule has 0 radical (unpaired) electrons. The van der Waals surface area contributed by atoms with Crippen molar-refractivity contribution < 1.29 is 25.9 Å². The van der Waals surface area contributed by atoms with E-state index in [1.165, 1.54) is 30.3 Å². The lowest BCUT2D eigenvalue weighted by Crippen LogP contribution is -2.15. The van der Waals surface area contributed by atoms with Crippen molar-refractivity contribution in [3.05, 3.63) is 88.0 Å². The average Bonchev–Trinajstić information content (AvgIpc) is 3.12. The topological polar surface area (TPSA) is 138 Å². The molecule has 1 aromatic heterocycles. The van der Waals surface area contributed by atoms with E-state index in [-0.39, 0.29) is 20.7 Å². The van der Waals surface area contributed by atoms with Crippen molar-refractivity contribution in [2.75, 3.05) is 0 Å². The van der Waals surface area contributed by atoms with E-state index in [1.807, 2.05) is 0 Å². The molecular weight excluding hydrogens is 470 g/mol. The fourth-order valence-electron chi connectivity index (χ4n) is 3.07. The fourth-order valence-corrected chi connectivity index (χ4v) is 5.24. The van der Waals surface area contributed by atoms with Gasteiger partial charge in [0.25, 0.3) is 21.6 Å². The average molecular weight is 488 g/mol. The first kappa shape index (κ1) is 22.4. The molecule has 0 bridgehead atoms. The largest absolute Gasteiger partial charge is 0.356 e. The van der Waals surface area contributed by atoms with Gasteiger partial charge in [0.15, 0.2) is 0 Å². The maximum absolute atomic E-state index is 13.3. The lowest BCUT2D eigenvalue weighted by Gasteiger charge is -2.06. The standard InChI is InChI=1S/C21H17N3O7S2/c1-14-3-8-17(9-4-14)32(27,28)23-20-13-16(24(25)26)7-12-19(20)21(22-23)31-33(29,30)18-10-5-15(2)6-11-18/h3-13H,1-2H3. The van der Waals surface area contributed by atoms with Gasteiger partial charge in [0.1, 0.15) is 4.90 Å². The first-order valence-electron chi connectivity index (χ1n) is 9.50. The van der Waals surface area contributed by atoms with Crippen LogP contribution in [0.2, 0.25) is 0 Å². The number of hydrogen-bond acceptors (Lipinski definition) is 8. The highest BCUT2D eigenvalue weighted by Crippen LogP contribution is 2.32. The van der Waals surface area contributed by atoms with Gasteiger partial charge in [-0.3, -0.25) is 10.1 Å². The molecule has 0 fully saturated rings. The summed E-state index contributed by atoms with van der Waals surface area (Å²) in [6.07, 6.45) is 0. The number of benzene rings is 3. The predicted molar refractivity (Wildman–Crippen MR) is 119 cm³/mol. The molecule has 170 valence electrons. The van der Waals surface area contributed by atoms with Crippen molar-refractivity contribution in [3.63, 3.8) is 0 Å². The first-order chi connectivity index (χ1) is 15.5. The van der Waals surface area contributed by atoms with Crippen molar-refractivity contribution in [2.45, 2.75) is 23.6 Å². The number of rotatable bonds is 6. The Bertz CT molecular complexity index is 1590. The lowest BCUT2D eigenvalue weighted by atomic mass is 10.2. The van der Waals surface area contributed by atoms with Crippen LogP contribution in [0.4, 0.5) is 5.69 Å². The third-order valence-corrected chi connectivity index (χ3v) is 7.68. The molecule has 0 unspecified atom stereocenters. The molecule has 0 N–H and O–H groups in total. The number of fused-ring (bicyclic) bond motifs is 1. The van der Waals surface area contributed by atoms with E-state index in [0.29, 0.717) is 4.09 Å². The monoisotopic (exact) mass is 487 g/mol. The van der Waals surface area contributed by atoms with Crippen molar-refractivity contribution in [2.24, 2.45) is 0 Å². The Morgan fingerprint density at radius 3 is 1.94 bits per heavy atom. The molecule has 33 heavy (non-hydrogen) atoms. The summed E-state index contributed by atoms with van der Waals surface area (Å²) in [6.45, 7) is 3.57. The van der Waals surface area contributed by atoms with Gasteiger partial charge >= 0.3 is 10.1 Å². The molecule has 0 saturated heterocycles. The summed E-state index contributed by atoms with van der Waals surface area (Å²) in [5.41, 5.74) is 1.07. The number of hydrogen-bond donors (Lipinski definition) is 0. The highest BCUT2D eigenvalue weighted by atomic mass is 32.2. The Morgan fingerprint density at radius 1 is 0.848 bits per heavy atom. The number of non-ortho nitro benzene ring substituents is 1. The SMILES string of the molecule is Cc1ccc(S(=O)(=O)Oc2nn(S(=O)(=O)c3ccc(C)cc3)c3cc([N+](=O)[O-])ccc23)cc1. The smallest absolute Gasteiger partial charge is 0.340 e. The highest BCUT2D eigenvalue weighted by molar-refractivity contribution is 7.90. The second-order valence-electron chi connectivity index (χ2n) is 7.28. The van der Waals surface area contributed by atoms with Gasteiger partial charge < -0.3 is 4.18 Å². The summed E-state index contributed by atoms with van der Waals surface area (Å²) in [7, 11) is -8.68. The summed E-state index contributed by atoms with van der Waals surface area (Å²) >= 11 is 0. The minimum Gasteiger partial charge on any atom is -0.356 e. The van der Waals surface area contributed by atoms with E-state index in [4.69, 9.17) is 4.18 Å². The second-order valence-corrected chi connectivity index (χ2v) is 10.6. The van der Waals surface area contributed by atoms with Crippen molar-refractivity contribution >= 4 is 36.7 Å². The molecule has 4 aromatic rings. The van der Waals surface area contributed by atoms with Crippen LogP contribution in [0.1, 0.15) is 11.1 Å². The van der Waals surface area contributed by atoms with Crippen LogP contribution in [0.15, 0.2) is 76.5 Å². The van der Waals surface area contributed by atoms with Crippen LogP contribution in [0.25, 0.3) is 10.9 Å². The Labute approximate surface area is 189 Å². The van der Waals surface area contributed by atoms with Crippen LogP contribution in [0.5, 0.6) is 5.88 Å². The number of nitrogens with zero attached hydrogens (tertiary/aromatic N) is 3. The van der Waals surface area contributed by atoms with Gasteiger partial charge in [-0.25, -0.2) is 0 Å². The lowest BCUT2D eigenvalue weighted by molar-refractivity contribution is -0.384. The van der Waals surface area contributed by atoms with Gasteiger partial charge in [-0.05, 0) is 44.2 Å². The fraction of sp³-hybridized carbons (Fsp3) is 0.0952. The van der Waals surface area contributed by atoms with Gasteiger partial charge in [0, 0.05) is 12.1 Å². The summed E-state index contributed by atoms with van der Waals surface area (Å²) in [5.74, 6) is -0.517. The van der Waals surface area contributed by atoms with Crippen molar-refractivity contribution in [1.29, 1.82) is 0 Å². The number of nitro groups is 1. The predicted octanol–water partition coefficient (Wildman–Crippen LogP) is 3.57. The summed E-state index contributed by atoms with van der Waals surface area (Å²) in [5, 5.41) is 15.1. The summed E-state index contributed by atoms with van der Waals surface area (Å²) < 4.78 is 57.8. The van der Waals surface area contributed by atoms with Gasteiger partial charge in [-0.2, -0.15) is 16.8 Å². The molecule has 0 aliphatic heterocycles. The molecule has 0 atom stereocenters. The summed E-state index contributed by atoms with van der Waals surface area (Å²) in [6, 6.07) is 15.0. The Balaban J connectivity index is 1.91. The van der Waals surface area contributed by atoms with Gasteiger partial charge in [-0.1, -0.05) is 35.4 Å². The zero-order chi connectivity index (χ0) is 24.0. The quantitative estimate of drug-likeness (QED) is 0.229. The Kier molecular flexibility index (Phi) is 5.42. The number of aryl methyl sites for hydroxylation is 2. The molecule has 4 rings (SSSR count). The van der Waals surface area contributed by atoms with Crippen molar-refractivity contribution in [3.8, 4) is 5.88 Å². The molecule has 0 saturated carbocycles. The van der Waals surface area contributed by atoms with Crippen LogP contribution in [-0.2, 0) is 20.1 Å². The van der Waals surface area contributed by atoms with E-state index < -0.39 is 36.6 Å². The maximum atomic E-state index is 13.3. The van der Waals surface area contributed by atoms with Crippen LogP contribution < -0.4 is 4.18 Å². The van der Waals surface area contributed by atoms with Crippen LogP contribution in [0.3, 0.4) is 0 Å². The highest BCUT2D eigenvalue weighted by Gasteiger charge is 2.28. The molecule has 3 aromatic carbocycles. The maximum Gasteiger partial charge on any atom is 0.340 e. The number of nitro benzene ring substituents is 1. The van der Waals surface area contributed by atoms with Crippen molar-refractivity contribution in [1.82, 2.24) is 9.19 Å². The summed E-state index contributed by atoms with van der Waals surface area (Å²) in [4.78, 5) is 10.3. The van der Waals surface area contributed by atoms with E-state index >= 15 is 0 Å². The van der Waals surface area contributed by atoms with Crippen LogP contribution in [-0.4, -0.2) is 30.9 Å². The van der Waals surface area contributed by atoms with Gasteiger partial charge in [0.05, 0.1) is 20.7 Å². The molecule has 0 spiro atoms. The second kappa shape index (κ2) is 7.98. The van der Waals surface area contributed by atoms with E-state index in [0.717, 1.165) is 23.3 Å². The van der Waals surface area contributed by atoms with Gasteiger partial charge in [-0.15, -0.1) is 9.19 Å². The molecule has 0 aliphatic rings. The Hall–Kier alpha value is -3.77. The molecule has 0 amide bonds. The zero-order valence-corrected chi connectivity index (χ0v) is 19.0. The molecule has 0 aliphatic carbocycles. The minimum absolute atomic E-state index is 0.0213.